The van der Waals surface area contributed by atoms with Crippen LogP contribution in [0.4, 0.5) is 4.39 Å². The second-order valence-corrected chi connectivity index (χ2v) is 7.19. The van der Waals surface area contributed by atoms with Crippen LogP contribution in [-0.2, 0) is 11.2 Å². The van der Waals surface area contributed by atoms with Crippen molar-refractivity contribution in [2.24, 2.45) is 0 Å². The Morgan fingerprint density at radius 1 is 1.25 bits per heavy atom. The lowest BCUT2D eigenvalue weighted by Crippen LogP contribution is -2.30. The maximum Gasteiger partial charge on any atom is 0.257 e. The molecule has 0 saturated heterocycles. The molecule has 3 aromatic rings. The Balaban J connectivity index is 1.42. The van der Waals surface area contributed by atoms with Gasteiger partial charge in [0.05, 0.1) is 15.9 Å². The quantitative estimate of drug-likeness (QED) is 0.528. The van der Waals surface area contributed by atoms with E-state index in [-0.39, 0.29) is 18.3 Å². The molecule has 0 saturated carbocycles. The van der Waals surface area contributed by atoms with E-state index in [4.69, 9.17) is 4.74 Å². The molecule has 0 aliphatic heterocycles. The van der Waals surface area contributed by atoms with Crippen LogP contribution in [0.25, 0.3) is 5.69 Å². The van der Waals surface area contributed by atoms with Gasteiger partial charge in [0.1, 0.15) is 11.6 Å². The van der Waals surface area contributed by atoms with Gasteiger partial charge in [-0.15, -0.1) is 0 Å². The van der Waals surface area contributed by atoms with E-state index in [2.05, 4.69) is 26.3 Å². The molecule has 1 amide bonds. The van der Waals surface area contributed by atoms with Gasteiger partial charge in [-0.2, -0.15) is 5.10 Å². The minimum absolute atomic E-state index is 0.116. The van der Waals surface area contributed by atoms with Crippen molar-refractivity contribution in [2.45, 2.75) is 19.8 Å². The van der Waals surface area contributed by atoms with Gasteiger partial charge in [-0.25, -0.2) is 9.07 Å². The summed E-state index contributed by atoms with van der Waals surface area (Å²) in [5.41, 5.74) is 3.17. The van der Waals surface area contributed by atoms with E-state index in [0.717, 1.165) is 29.8 Å². The Hall–Kier alpha value is -2.67. The van der Waals surface area contributed by atoms with Crippen LogP contribution in [0.15, 0.2) is 59.2 Å². The summed E-state index contributed by atoms with van der Waals surface area (Å²) in [5, 5.41) is 7.38. The van der Waals surface area contributed by atoms with Crippen LogP contribution >= 0.6 is 15.9 Å². The Bertz CT molecular complexity index is 944. The smallest absolute Gasteiger partial charge is 0.257 e. The van der Waals surface area contributed by atoms with Crippen LogP contribution < -0.4 is 10.1 Å². The third-order valence-electron chi connectivity index (χ3n) is 4.22. The minimum atomic E-state index is -0.366. The fraction of sp³-hybridized carbons (Fsp3) is 0.238. The van der Waals surface area contributed by atoms with Gasteiger partial charge in [-0.3, -0.25) is 4.79 Å². The summed E-state index contributed by atoms with van der Waals surface area (Å²) in [7, 11) is 0. The summed E-state index contributed by atoms with van der Waals surface area (Å²) in [6.07, 6.45) is 3.65. The van der Waals surface area contributed by atoms with Crippen LogP contribution in [-0.4, -0.2) is 28.8 Å². The molecule has 0 fully saturated rings. The van der Waals surface area contributed by atoms with Crippen molar-refractivity contribution in [3.05, 3.63) is 76.3 Å². The molecule has 0 spiro atoms. The van der Waals surface area contributed by atoms with Gasteiger partial charge < -0.3 is 10.1 Å². The van der Waals surface area contributed by atoms with E-state index in [0.29, 0.717) is 16.8 Å². The first-order valence-corrected chi connectivity index (χ1v) is 9.77. The molecule has 2 aromatic carbocycles. The van der Waals surface area contributed by atoms with Gasteiger partial charge in [0.2, 0.25) is 0 Å². The highest BCUT2D eigenvalue weighted by atomic mass is 79.9. The lowest BCUT2D eigenvalue weighted by Gasteiger charge is -2.09. The fourth-order valence-electron chi connectivity index (χ4n) is 2.75. The van der Waals surface area contributed by atoms with Crippen LogP contribution in [0.5, 0.6) is 5.75 Å². The largest absolute Gasteiger partial charge is 0.483 e. The standard InChI is InChI=1S/C21H21BrFN3O2/c1-15-16(13-26(25-15)18-7-3-2-4-8-18)6-5-11-24-21(27)14-28-20-10-9-17(23)12-19(20)22/h2-4,7-10,12-13H,5-6,11,14H2,1H3,(H,24,27). The summed E-state index contributed by atoms with van der Waals surface area (Å²) >= 11 is 3.21. The third-order valence-corrected chi connectivity index (χ3v) is 4.84. The SMILES string of the molecule is Cc1nn(-c2ccccc2)cc1CCCNC(=O)COc1ccc(F)cc1Br. The zero-order chi connectivity index (χ0) is 19.9. The number of aryl methyl sites for hydroxylation is 2. The van der Waals surface area contributed by atoms with Gasteiger partial charge in [0.25, 0.3) is 5.91 Å². The number of hydrogen-bond donors (Lipinski definition) is 1. The van der Waals surface area contributed by atoms with Crippen molar-refractivity contribution in [1.29, 1.82) is 0 Å². The lowest BCUT2D eigenvalue weighted by atomic mass is 10.1. The molecule has 0 bridgehead atoms. The van der Waals surface area contributed by atoms with Gasteiger partial charge in [-0.1, -0.05) is 18.2 Å². The highest BCUT2D eigenvalue weighted by molar-refractivity contribution is 9.10. The highest BCUT2D eigenvalue weighted by Crippen LogP contribution is 2.25. The molecule has 0 aliphatic carbocycles. The summed E-state index contributed by atoms with van der Waals surface area (Å²) in [5.74, 6) is -0.150. The van der Waals surface area contributed by atoms with E-state index >= 15 is 0 Å². The summed E-state index contributed by atoms with van der Waals surface area (Å²) in [4.78, 5) is 11.9. The molecular formula is C21H21BrFN3O2. The third kappa shape index (κ3) is 5.42. The molecule has 0 atom stereocenters. The Labute approximate surface area is 171 Å². The van der Waals surface area contributed by atoms with Crippen molar-refractivity contribution in [3.63, 3.8) is 0 Å². The predicted molar refractivity (Wildman–Crippen MR) is 109 cm³/mol. The first-order valence-electron chi connectivity index (χ1n) is 8.98. The molecular weight excluding hydrogens is 425 g/mol. The van der Waals surface area contributed by atoms with Crippen LogP contribution in [0.1, 0.15) is 17.7 Å². The number of nitrogens with zero attached hydrogens (tertiary/aromatic N) is 2. The van der Waals surface area contributed by atoms with E-state index in [1.165, 1.54) is 18.2 Å². The van der Waals surface area contributed by atoms with E-state index in [1.54, 1.807) is 0 Å². The van der Waals surface area contributed by atoms with Crippen molar-refractivity contribution in [2.75, 3.05) is 13.2 Å². The maximum absolute atomic E-state index is 13.0. The van der Waals surface area contributed by atoms with Gasteiger partial charge in [-0.05, 0) is 71.6 Å². The highest BCUT2D eigenvalue weighted by Gasteiger charge is 2.08. The number of rotatable bonds is 8. The Morgan fingerprint density at radius 3 is 2.79 bits per heavy atom. The van der Waals surface area contributed by atoms with Crippen molar-refractivity contribution < 1.29 is 13.9 Å². The normalized spacial score (nSPS) is 10.7. The van der Waals surface area contributed by atoms with E-state index in [9.17, 15) is 9.18 Å². The molecule has 1 heterocycles. The molecule has 3 rings (SSSR count). The van der Waals surface area contributed by atoms with Gasteiger partial charge in [0, 0.05) is 12.7 Å². The molecule has 0 radical (unpaired) electrons. The topological polar surface area (TPSA) is 56.2 Å². The zero-order valence-corrected chi connectivity index (χ0v) is 17.1. The Morgan fingerprint density at radius 2 is 2.04 bits per heavy atom. The monoisotopic (exact) mass is 445 g/mol. The average Bonchev–Trinajstić information content (AvgIpc) is 3.06. The number of aromatic nitrogens is 2. The van der Waals surface area contributed by atoms with Crippen molar-refractivity contribution in [1.82, 2.24) is 15.1 Å². The molecule has 5 nitrogen and oxygen atoms in total. The molecule has 0 aliphatic rings. The second kappa shape index (κ2) is 9.50. The second-order valence-electron chi connectivity index (χ2n) is 6.34. The number of carbonyl (C=O) groups is 1. The van der Waals surface area contributed by atoms with Crippen LogP contribution in [0.3, 0.4) is 0 Å². The first kappa shape index (κ1) is 20.1. The van der Waals surface area contributed by atoms with Gasteiger partial charge in [0.15, 0.2) is 6.61 Å². The number of amides is 1. The number of hydrogen-bond acceptors (Lipinski definition) is 3. The fourth-order valence-corrected chi connectivity index (χ4v) is 3.21. The number of carbonyl (C=O) groups excluding carboxylic acids is 1. The maximum atomic E-state index is 13.0. The molecule has 146 valence electrons. The summed E-state index contributed by atoms with van der Waals surface area (Å²) in [6, 6.07) is 14.0. The minimum Gasteiger partial charge on any atom is -0.483 e. The molecule has 28 heavy (non-hydrogen) atoms. The number of para-hydroxylation sites is 1. The lowest BCUT2D eigenvalue weighted by molar-refractivity contribution is -0.123. The summed E-state index contributed by atoms with van der Waals surface area (Å²) < 4.78 is 20.8. The molecule has 7 heteroatoms. The average molecular weight is 446 g/mol. The van der Waals surface area contributed by atoms with Crippen LogP contribution in [0, 0.1) is 12.7 Å². The van der Waals surface area contributed by atoms with Crippen molar-refractivity contribution >= 4 is 21.8 Å². The van der Waals surface area contributed by atoms with Crippen LogP contribution in [0.2, 0.25) is 0 Å². The van der Waals surface area contributed by atoms with Gasteiger partial charge >= 0.3 is 0 Å². The predicted octanol–water partition coefficient (Wildman–Crippen LogP) is 4.21. The van der Waals surface area contributed by atoms with E-state index in [1.807, 2.05) is 48.1 Å². The molecule has 1 N–H and O–H groups in total. The Kier molecular flexibility index (Phi) is 6.81. The zero-order valence-electron chi connectivity index (χ0n) is 15.5. The number of ether oxygens (including phenoxy) is 1. The molecule has 1 aromatic heterocycles. The summed E-state index contributed by atoms with van der Waals surface area (Å²) in [6.45, 7) is 2.42. The first-order chi connectivity index (χ1) is 13.5. The van der Waals surface area contributed by atoms with E-state index < -0.39 is 0 Å². The number of nitrogens with one attached hydrogen (secondary N) is 1. The number of halogens is 2. The van der Waals surface area contributed by atoms with Crippen molar-refractivity contribution in [3.8, 4) is 11.4 Å². The molecule has 0 unspecified atom stereocenters. The number of benzene rings is 2.